The molecule has 1 aromatic carbocycles. The largest absolute Gasteiger partial charge is 0.512 e. The summed E-state index contributed by atoms with van der Waals surface area (Å²) in [7, 11) is 1.93. The predicted molar refractivity (Wildman–Crippen MR) is 217 cm³/mol. The number of nitrogens with one attached hydrogen (secondary N) is 2. The lowest BCUT2D eigenvalue weighted by molar-refractivity contribution is -0.130. The third kappa shape index (κ3) is 20.1. The first-order chi connectivity index (χ1) is 23.9. The third-order valence-corrected chi connectivity index (χ3v) is 8.32. The van der Waals surface area contributed by atoms with Gasteiger partial charge in [0.2, 0.25) is 12.3 Å². The maximum absolute atomic E-state index is 12.9. The van der Waals surface area contributed by atoms with Crippen LogP contribution in [0.1, 0.15) is 120 Å². The third-order valence-electron chi connectivity index (χ3n) is 8.32. The van der Waals surface area contributed by atoms with Gasteiger partial charge in [-0.1, -0.05) is 90.5 Å². The predicted octanol–water partition coefficient (Wildman–Crippen LogP) is 9.49. The van der Waals surface area contributed by atoms with Crippen molar-refractivity contribution in [3.8, 4) is 0 Å². The van der Waals surface area contributed by atoms with Crippen LogP contribution in [0.4, 0.5) is 5.69 Å². The first-order valence-corrected chi connectivity index (χ1v) is 19.0. The Morgan fingerprint density at radius 3 is 2.06 bits per heavy atom. The van der Waals surface area contributed by atoms with Gasteiger partial charge in [0, 0.05) is 57.9 Å². The van der Waals surface area contributed by atoms with Gasteiger partial charge in [0.25, 0.3) is 0 Å². The van der Waals surface area contributed by atoms with Crippen LogP contribution in [-0.2, 0) is 16.0 Å². The van der Waals surface area contributed by atoms with Crippen LogP contribution in [0, 0.1) is 0 Å². The zero-order chi connectivity index (χ0) is 38.5. The fraction of sp³-hybridized carbons (Fsp3) is 0.619. The van der Waals surface area contributed by atoms with E-state index in [1.165, 1.54) is 11.1 Å². The summed E-state index contributed by atoms with van der Waals surface area (Å²) in [6, 6.07) is 8.36. The molecule has 286 valence electrons. The average molecular weight is 698 g/mol. The number of carbonyl (C=O) groups is 2. The van der Waals surface area contributed by atoms with E-state index in [0.29, 0.717) is 25.3 Å². The van der Waals surface area contributed by atoms with Gasteiger partial charge in [-0.05, 0) is 89.5 Å². The van der Waals surface area contributed by atoms with Crippen molar-refractivity contribution in [3.05, 3.63) is 76.9 Å². The minimum Gasteiger partial charge on any atom is -0.512 e. The Hall–Kier alpha value is -3.68. The molecule has 1 atom stereocenters. The number of anilines is 1. The molecule has 1 aromatic rings. The van der Waals surface area contributed by atoms with E-state index in [1.54, 1.807) is 6.08 Å². The van der Waals surface area contributed by atoms with Gasteiger partial charge in [-0.3, -0.25) is 9.59 Å². The van der Waals surface area contributed by atoms with Gasteiger partial charge in [-0.25, -0.2) is 0 Å². The van der Waals surface area contributed by atoms with E-state index in [0.717, 1.165) is 93.8 Å². The summed E-state index contributed by atoms with van der Waals surface area (Å²) < 4.78 is 0. The Balaban J connectivity index is 0. The maximum atomic E-state index is 12.9. The van der Waals surface area contributed by atoms with Crippen LogP contribution >= 0.6 is 0 Å². The van der Waals surface area contributed by atoms with E-state index in [4.69, 9.17) is 0 Å². The van der Waals surface area contributed by atoms with Crippen molar-refractivity contribution in [2.75, 3.05) is 51.6 Å². The molecule has 8 heteroatoms. The lowest BCUT2D eigenvalue weighted by Gasteiger charge is -2.33. The Morgan fingerprint density at radius 1 is 0.920 bits per heavy atom. The summed E-state index contributed by atoms with van der Waals surface area (Å²) in [6.45, 7) is 30.5. The highest BCUT2D eigenvalue weighted by atomic mass is 16.3. The average Bonchev–Trinajstić information content (AvgIpc) is 3.12. The molecule has 0 bridgehead atoms. The van der Waals surface area contributed by atoms with Crippen LogP contribution in [0.5, 0.6) is 0 Å². The zero-order valence-electron chi connectivity index (χ0n) is 34.1. The number of allylic oxidation sites excluding steroid dienone is 6. The van der Waals surface area contributed by atoms with E-state index in [1.807, 2.05) is 69.7 Å². The van der Waals surface area contributed by atoms with Gasteiger partial charge in [-0.2, -0.15) is 0 Å². The molecule has 0 aromatic heterocycles. The molecule has 1 unspecified atom stereocenters. The van der Waals surface area contributed by atoms with Crippen LogP contribution in [0.15, 0.2) is 71.3 Å². The van der Waals surface area contributed by atoms with Crippen LogP contribution < -0.4 is 10.6 Å². The number of hydrogen-bond donors (Lipinski definition) is 3. The van der Waals surface area contributed by atoms with E-state index in [9.17, 15) is 14.7 Å². The first kappa shape index (κ1) is 48.4. The second-order valence-corrected chi connectivity index (χ2v) is 12.6. The molecule has 0 saturated carbocycles. The van der Waals surface area contributed by atoms with Gasteiger partial charge >= 0.3 is 0 Å². The number of carbonyl (C=O) groups excluding carboxylic acids is 2. The highest BCUT2D eigenvalue weighted by Gasteiger charge is 2.18. The lowest BCUT2D eigenvalue weighted by atomic mass is 10.1. The fourth-order valence-corrected chi connectivity index (χ4v) is 5.34. The first-order valence-electron chi connectivity index (χ1n) is 19.0. The molecular formula is C42H75N5O3. The quantitative estimate of drug-likeness (QED) is 0.0600. The van der Waals surface area contributed by atoms with Crippen molar-refractivity contribution in [1.82, 2.24) is 20.0 Å². The van der Waals surface area contributed by atoms with Crippen molar-refractivity contribution < 1.29 is 14.7 Å². The highest BCUT2D eigenvalue weighted by molar-refractivity contribution is 5.78. The summed E-state index contributed by atoms with van der Waals surface area (Å²) in [4.78, 5) is 31.1. The lowest BCUT2D eigenvalue weighted by Crippen LogP contribution is -2.43. The molecule has 0 aliphatic heterocycles. The van der Waals surface area contributed by atoms with Crippen molar-refractivity contribution in [2.24, 2.45) is 0 Å². The molecule has 0 saturated heterocycles. The summed E-state index contributed by atoms with van der Waals surface area (Å²) >= 11 is 0. The van der Waals surface area contributed by atoms with Gasteiger partial charge < -0.3 is 30.4 Å². The summed E-state index contributed by atoms with van der Waals surface area (Å²) in [5.41, 5.74) is 5.48. The monoisotopic (exact) mass is 698 g/mol. The minimum absolute atomic E-state index is 0.118. The number of amides is 2. The summed E-state index contributed by atoms with van der Waals surface area (Å²) in [5, 5.41) is 16.0. The molecule has 8 nitrogen and oxygen atoms in total. The number of rotatable bonds is 23. The van der Waals surface area contributed by atoms with Crippen molar-refractivity contribution >= 4 is 18.0 Å². The Kier molecular flexibility index (Phi) is 29.2. The number of benzene rings is 1. The van der Waals surface area contributed by atoms with E-state index >= 15 is 0 Å². The van der Waals surface area contributed by atoms with Crippen molar-refractivity contribution in [3.63, 3.8) is 0 Å². The molecule has 0 radical (unpaired) electrons. The fourth-order valence-electron chi connectivity index (χ4n) is 5.34. The van der Waals surface area contributed by atoms with Gasteiger partial charge in [-0.15, -0.1) is 0 Å². The number of hydrogen-bond acceptors (Lipinski definition) is 6. The maximum Gasteiger partial charge on any atom is 0.241 e. The summed E-state index contributed by atoms with van der Waals surface area (Å²) in [5.74, 6) is 1.65. The standard InChI is InChI=1S/C30H53N5O2.C10H16O.C2H6/c1-8-11-20-33(18-9-2)29(37)23-32-30(25(4)5)34(19-10-3)21-16-26(6)35(24-36)22-17-27-14-12-13-15-28(27)31-7;1-5-8(3)7-9(4)10(11)6-2;1-2/h12-15,24,26,31-32H,8-11,16-23H2,1-7H3;5,7,11H,1,6H2,2-4H3;1-2H3/b;8-7-,10-9+;. The van der Waals surface area contributed by atoms with Crippen LogP contribution in [-0.4, -0.2) is 84.5 Å². The zero-order valence-corrected chi connectivity index (χ0v) is 34.1. The number of nitrogens with zero attached hydrogens (tertiary/aromatic N) is 3. The van der Waals surface area contributed by atoms with Crippen molar-refractivity contribution in [2.45, 2.75) is 127 Å². The molecule has 1 rings (SSSR count). The number of aliphatic hydroxyl groups is 1. The molecular weight excluding hydrogens is 622 g/mol. The Labute approximate surface area is 307 Å². The van der Waals surface area contributed by atoms with Crippen molar-refractivity contribution in [1.29, 1.82) is 0 Å². The smallest absolute Gasteiger partial charge is 0.241 e. The van der Waals surface area contributed by atoms with Crippen LogP contribution in [0.3, 0.4) is 0 Å². The Morgan fingerprint density at radius 2 is 1.54 bits per heavy atom. The van der Waals surface area contributed by atoms with Crippen LogP contribution in [0.2, 0.25) is 0 Å². The molecule has 3 N–H and O–H groups in total. The minimum atomic E-state index is 0.118. The van der Waals surface area contributed by atoms with E-state index in [-0.39, 0.29) is 11.9 Å². The molecule has 0 spiro atoms. The second-order valence-electron chi connectivity index (χ2n) is 12.6. The molecule has 0 fully saturated rings. The van der Waals surface area contributed by atoms with Gasteiger partial charge in [0.15, 0.2) is 0 Å². The normalized spacial score (nSPS) is 11.7. The van der Waals surface area contributed by atoms with Crippen LogP contribution in [0.25, 0.3) is 0 Å². The number of para-hydroxylation sites is 1. The number of unbranched alkanes of at least 4 members (excludes halogenated alkanes) is 1. The number of aliphatic hydroxyl groups excluding tert-OH is 1. The van der Waals surface area contributed by atoms with E-state index < -0.39 is 0 Å². The molecule has 0 aliphatic carbocycles. The van der Waals surface area contributed by atoms with E-state index in [2.05, 4.69) is 75.8 Å². The molecule has 50 heavy (non-hydrogen) atoms. The summed E-state index contributed by atoms with van der Waals surface area (Å²) in [6.07, 6.45) is 11.1. The molecule has 2 amide bonds. The molecule has 0 heterocycles. The van der Waals surface area contributed by atoms with Gasteiger partial charge in [0.05, 0.1) is 12.3 Å². The molecule has 0 aliphatic rings. The topological polar surface area (TPSA) is 88.2 Å². The highest BCUT2D eigenvalue weighted by Crippen LogP contribution is 2.17. The SMILES string of the molecule is C=C/C(C)=C\C(C)=C(\O)CC.CC.CCCCN(CCC)C(=O)CNC(=C(C)C)N(CCC)CCC(C)N(C=O)CCc1ccccc1NC. The Bertz CT molecular complexity index is 1170. The van der Waals surface area contributed by atoms with Gasteiger partial charge in [0.1, 0.15) is 5.82 Å². The second kappa shape index (κ2) is 30.2.